The van der Waals surface area contributed by atoms with Crippen molar-refractivity contribution in [3.05, 3.63) is 23.7 Å². The van der Waals surface area contributed by atoms with Crippen molar-refractivity contribution in [1.29, 1.82) is 0 Å². The van der Waals surface area contributed by atoms with Crippen LogP contribution in [0.15, 0.2) is 21.5 Å². The number of rotatable bonds is 8. The minimum atomic E-state index is -0.558. The number of nitrogens with one attached hydrogen (secondary N) is 2. The Bertz CT molecular complexity index is 518. The third-order valence-corrected chi connectivity index (χ3v) is 4.20. The van der Waals surface area contributed by atoms with Crippen molar-refractivity contribution >= 4 is 11.9 Å². The Morgan fingerprint density at radius 1 is 1.35 bits per heavy atom. The van der Waals surface area contributed by atoms with E-state index in [-0.39, 0.29) is 5.76 Å². The van der Waals surface area contributed by atoms with Gasteiger partial charge in [0.2, 0.25) is 0 Å². The number of amides is 1. The second kappa shape index (κ2) is 9.22. The zero-order chi connectivity index (χ0) is 16.5. The molecule has 23 heavy (non-hydrogen) atoms. The minimum Gasteiger partial charge on any atom is -0.454 e. The summed E-state index contributed by atoms with van der Waals surface area (Å²) in [6.45, 7) is 4.14. The van der Waals surface area contributed by atoms with Crippen LogP contribution in [0, 0.1) is 5.92 Å². The summed E-state index contributed by atoms with van der Waals surface area (Å²) >= 11 is 0. The van der Waals surface area contributed by atoms with Gasteiger partial charge >= 0.3 is 0 Å². The van der Waals surface area contributed by atoms with Crippen LogP contribution in [0.4, 0.5) is 0 Å². The summed E-state index contributed by atoms with van der Waals surface area (Å²) in [5.41, 5.74) is 5.17. The Morgan fingerprint density at radius 3 is 2.78 bits per heavy atom. The number of carbonyl (C=O) groups excluding carboxylic acids is 1. The second-order valence-corrected chi connectivity index (χ2v) is 6.04. The van der Waals surface area contributed by atoms with Gasteiger partial charge in [-0.2, -0.15) is 0 Å². The minimum absolute atomic E-state index is 0.171. The van der Waals surface area contributed by atoms with E-state index in [1.165, 1.54) is 38.5 Å². The maximum absolute atomic E-state index is 11.0. The number of hydrogen-bond acceptors (Lipinski definition) is 3. The predicted octanol–water partition coefficient (Wildman–Crippen LogP) is 2.40. The number of aliphatic imine (C=N–C) groups is 1. The van der Waals surface area contributed by atoms with E-state index in [1.54, 1.807) is 12.1 Å². The highest BCUT2D eigenvalue weighted by atomic mass is 16.3. The van der Waals surface area contributed by atoms with Crippen LogP contribution >= 0.6 is 0 Å². The lowest BCUT2D eigenvalue weighted by atomic mass is 10.0. The van der Waals surface area contributed by atoms with Crippen molar-refractivity contribution in [3.8, 4) is 0 Å². The zero-order valence-electron chi connectivity index (χ0n) is 13.9. The number of furan rings is 1. The predicted molar refractivity (Wildman–Crippen MR) is 91.2 cm³/mol. The van der Waals surface area contributed by atoms with E-state index < -0.39 is 5.91 Å². The van der Waals surface area contributed by atoms with Gasteiger partial charge in [0.15, 0.2) is 11.7 Å². The van der Waals surface area contributed by atoms with Gasteiger partial charge in [-0.3, -0.25) is 4.79 Å². The van der Waals surface area contributed by atoms with Crippen LogP contribution in [0.25, 0.3) is 0 Å². The zero-order valence-corrected chi connectivity index (χ0v) is 13.9. The van der Waals surface area contributed by atoms with E-state index >= 15 is 0 Å². The van der Waals surface area contributed by atoms with Gasteiger partial charge in [0.25, 0.3) is 5.91 Å². The van der Waals surface area contributed by atoms with Gasteiger partial charge in [-0.1, -0.05) is 25.7 Å². The molecule has 0 bridgehead atoms. The molecule has 1 amide bonds. The molecule has 6 nitrogen and oxygen atoms in total. The van der Waals surface area contributed by atoms with E-state index in [1.807, 2.05) is 6.92 Å². The third-order valence-electron chi connectivity index (χ3n) is 4.20. The first kappa shape index (κ1) is 17.4. The van der Waals surface area contributed by atoms with Crippen LogP contribution in [0.5, 0.6) is 0 Å². The molecular weight excluding hydrogens is 292 g/mol. The highest BCUT2D eigenvalue weighted by Crippen LogP contribution is 2.28. The largest absolute Gasteiger partial charge is 0.454 e. The first-order chi connectivity index (χ1) is 11.2. The monoisotopic (exact) mass is 320 g/mol. The van der Waals surface area contributed by atoms with Crippen LogP contribution in [0.2, 0.25) is 0 Å². The van der Waals surface area contributed by atoms with E-state index in [9.17, 15) is 4.79 Å². The van der Waals surface area contributed by atoms with Crippen LogP contribution < -0.4 is 16.4 Å². The Kier molecular flexibility index (Phi) is 6.97. The van der Waals surface area contributed by atoms with Crippen LogP contribution in [0.3, 0.4) is 0 Å². The molecule has 1 heterocycles. The Hall–Kier alpha value is -1.98. The van der Waals surface area contributed by atoms with Gasteiger partial charge in [-0.25, -0.2) is 4.99 Å². The maximum atomic E-state index is 11.0. The molecule has 1 saturated carbocycles. The Morgan fingerprint density at radius 2 is 2.13 bits per heavy atom. The maximum Gasteiger partial charge on any atom is 0.284 e. The van der Waals surface area contributed by atoms with Crippen molar-refractivity contribution < 1.29 is 9.21 Å². The van der Waals surface area contributed by atoms with E-state index in [2.05, 4.69) is 15.6 Å². The van der Waals surface area contributed by atoms with Gasteiger partial charge in [-0.05, 0) is 37.8 Å². The summed E-state index contributed by atoms with van der Waals surface area (Å²) in [5, 5.41) is 6.57. The Labute approximate surface area is 137 Å². The van der Waals surface area contributed by atoms with E-state index in [0.717, 1.165) is 25.0 Å². The summed E-state index contributed by atoms with van der Waals surface area (Å²) in [6, 6.07) is 3.31. The lowest BCUT2D eigenvalue weighted by Gasteiger charge is -2.12. The molecule has 128 valence electrons. The van der Waals surface area contributed by atoms with Crippen molar-refractivity contribution in [1.82, 2.24) is 10.6 Å². The van der Waals surface area contributed by atoms with Crippen LogP contribution in [-0.2, 0) is 6.54 Å². The van der Waals surface area contributed by atoms with Gasteiger partial charge < -0.3 is 20.8 Å². The summed E-state index contributed by atoms with van der Waals surface area (Å²) in [4.78, 5) is 15.5. The average Bonchev–Trinajstić information content (AvgIpc) is 3.20. The number of carbonyl (C=O) groups is 1. The normalized spacial score (nSPS) is 15.8. The molecular formula is C17H28N4O2. The standard InChI is InChI=1S/C17H28N4O2/c1-2-19-17(20-11-5-8-13-6-3-4-7-13)21-12-14-9-10-15(23-14)16(18)22/h9-10,13H,2-8,11-12H2,1H3,(H2,18,22)(H2,19,20,21). The second-order valence-electron chi connectivity index (χ2n) is 6.04. The van der Waals surface area contributed by atoms with Gasteiger partial charge in [0, 0.05) is 13.1 Å². The third kappa shape index (κ3) is 5.96. The molecule has 0 atom stereocenters. The molecule has 0 spiro atoms. The molecule has 6 heteroatoms. The average molecular weight is 320 g/mol. The SMILES string of the molecule is CCNC(=NCc1ccc(C(N)=O)o1)NCCCC1CCCC1. The number of primary amides is 1. The molecule has 1 aliphatic carbocycles. The van der Waals surface area contributed by atoms with Crippen molar-refractivity contribution in [2.45, 2.75) is 52.0 Å². The van der Waals surface area contributed by atoms with Crippen LogP contribution in [0.1, 0.15) is 61.8 Å². The molecule has 1 aromatic heterocycles. The van der Waals surface area contributed by atoms with Gasteiger partial charge in [-0.15, -0.1) is 0 Å². The van der Waals surface area contributed by atoms with Crippen molar-refractivity contribution in [2.75, 3.05) is 13.1 Å². The summed E-state index contributed by atoms with van der Waals surface area (Å²) in [7, 11) is 0. The fraction of sp³-hybridized carbons (Fsp3) is 0.647. The summed E-state index contributed by atoms with van der Waals surface area (Å²) < 4.78 is 5.33. The molecule has 1 fully saturated rings. The molecule has 0 saturated heterocycles. The molecule has 1 aromatic rings. The number of nitrogens with zero attached hydrogens (tertiary/aromatic N) is 1. The number of hydrogen-bond donors (Lipinski definition) is 3. The van der Waals surface area contributed by atoms with Crippen molar-refractivity contribution in [2.24, 2.45) is 16.6 Å². The van der Waals surface area contributed by atoms with Gasteiger partial charge in [0.1, 0.15) is 12.3 Å². The van der Waals surface area contributed by atoms with Crippen molar-refractivity contribution in [3.63, 3.8) is 0 Å². The fourth-order valence-corrected chi connectivity index (χ4v) is 2.99. The van der Waals surface area contributed by atoms with Gasteiger partial charge in [0.05, 0.1) is 0 Å². The highest BCUT2D eigenvalue weighted by Gasteiger charge is 2.14. The molecule has 0 unspecified atom stereocenters. The molecule has 0 radical (unpaired) electrons. The number of nitrogens with two attached hydrogens (primary N) is 1. The summed E-state index contributed by atoms with van der Waals surface area (Å²) in [6.07, 6.45) is 8.06. The molecule has 0 aliphatic heterocycles. The lowest BCUT2D eigenvalue weighted by Crippen LogP contribution is -2.37. The highest BCUT2D eigenvalue weighted by molar-refractivity contribution is 5.89. The molecule has 0 aromatic carbocycles. The number of guanidine groups is 1. The fourth-order valence-electron chi connectivity index (χ4n) is 2.99. The van der Waals surface area contributed by atoms with E-state index in [4.69, 9.17) is 10.2 Å². The quantitative estimate of drug-likeness (QED) is 0.389. The molecule has 4 N–H and O–H groups in total. The van der Waals surface area contributed by atoms with E-state index in [0.29, 0.717) is 12.3 Å². The smallest absolute Gasteiger partial charge is 0.284 e. The lowest BCUT2D eigenvalue weighted by molar-refractivity contribution is 0.0972. The Balaban J connectivity index is 1.75. The first-order valence-corrected chi connectivity index (χ1v) is 8.59. The van der Waals surface area contributed by atoms with Crippen LogP contribution in [-0.4, -0.2) is 25.0 Å². The molecule has 2 rings (SSSR count). The molecule has 1 aliphatic rings. The summed E-state index contributed by atoms with van der Waals surface area (Å²) in [5.74, 6) is 1.94. The topological polar surface area (TPSA) is 92.6 Å². The first-order valence-electron chi connectivity index (χ1n) is 8.59.